The van der Waals surface area contributed by atoms with Gasteiger partial charge in [-0.25, -0.2) is 4.79 Å². The molecule has 0 saturated carbocycles. The van der Waals surface area contributed by atoms with E-state index in [1.165, 1.54) is 5.56 Å². The van der Waals surface area contributed by atoms with Gasteiger partial charge in [0.25, 0.3) is 0 Å². The standard InChI is InChI=1S/C18H27N5O/c1-21-17-14(13-22-10-8-19-9-11-22)4-2-6-16(17)23(18(21)24)15-5-3-7-20-12-15/h2,4,6,15,19-20H,3,5,7-13H2,1H3. The highest BCUT2D eigenvalue weighted by atomic mass is 16.1. The number of hydrogen-bond donors (Lipinski definition) is 2. The molecule has 0 amide bonds. The monoisotopic (exact) mass is 329 g/mol. The van der Waals surface area contributed by atoms with E-state index in [1.54, 1.807) is 0 Å². The normalized spacial score (nSPS) is 23.0. The molecule has 1 atom stereocenters. The number of imidazole rings is 1. The first-order valence-electron chi connectivity index (χ1n) is 9.08. The summed E-state index contributed by atoms with van der Waals surface area (Å²) >= 11 is 0. The minimum absolute atomic E-state index is 0.117. The number of rotatable bonds is 3. The van der Waals surface area contributed by atoms with Crippen molar-refractivity contribution in [1.82, 2.24) is 24.7 Å². The molecule has 0 bridgehead atoms. The molecular formula is C18H27N5O. The van der Waals surface area contributed by atoms with Gasteiger partial charge in [0.05, 0.1) is 17.1 Å². The highest BCUT2D eigenvalue weighted by molar-refractivity contribution is 5.80. The molecule has 130 valence electrons. The van der Waals surface area contributed by atoms with Gasteiger partial charge in [-0.15, -0.1) is 0 Å². The highest BCUT2D eigenvalue weighted by Crippen LogP contribution is 2.24. The maximum atomic E-state index is 12.9. The summed E-state index contributed by atoms with van der Waals surface area (Å²) in [5.74, 6) is 0. The second kappa shape index (κ2) is 6.70. The maximum absolute atomic E-state index is 12.9. The van der Waals surface area contributed by atoms with Gasteiger partial charge in [-0.05, 0) is 31.0 Å². The van der Waals surface area contributed by atoms with Crippen molar-refractivity contribution >= 4 is 11.0 Å². The zero-order chi connectivity index (χ0) is 16.5. The molecule has 0 radical (unpaired) electrons. The number of hydrogen-bond acceptors (Lipinski definition) is 4. The van der Waals surface area contributed by atoms with Crippen LogP contribution < -0.4 is 16.3 Å². The largest absolute Gasteiger partial charge is 0.329 e. The quantitative estimate of drug-likeness (QED) is 0.869. The second-order valence-corrected chi connectivity index (χ2v) is 7.02. The summed E-state index contributed by atoms with van der Waals surface area (Å²) in [4.78, 5) is 15.4. The molecule has 6 nitrogen and oxygen atoms in total. The van der Waals surface area contributed by atoms with E-state index in [2.05, 4.69) is 33.7 Å². The third kappa shape index (κ3) is 2.79. The van der Waals surface area contributed by atoms with Crippen LogP contribution in [0.4, 0.5) is 0 Å². The lowest BCUT2D eigenvalue weighted by Crippen LogP contribution is -2.42. The molecule has 6 heteroatoms. The van der Waals surface area contributed by atoms with Gasteiger partial charge in [0.15, 0.2) is 0 Å². The molecule has 24 heavy (non-hydrogen) atoms. The Morgan fingerprint density at radius 2 is 2.00 bits per heavy atom. The molecule has 2 aliphatic heterocycles. The number of benzene rings is 1. The van der Waals surface area contributed by atoms with Gasteiger partial charge in [-0.3, -0.25) is 14.0 Å². The summed E-state index contributed by atoms with van der Waals surface area (Å²) < 4.78 is 3.87. The van der Waals surface area contributed by atoms with Crippen LogP contribution in [0.15, 0.2) is 23.0 Å². The van der Waals surface area contributed by atoms with Crippen LogP contribution in [0.1, 0.15) is 24.4 Å². The molecule has 1 aromatic carbocycles. The number of nitrogens with zero attached hydrogens (tertiary/aromatic N) is 3. The number of piperazine rings is 1. The van der Waals surface area contributed by atoms with Crippen molar-refractivity contribution in [2.75, 3.05) is 39.3 Å². The molecule has 4 rings (SSSR count). The summed E-state index contributed by atoms with van der Waals surface area (Å²) in [7, 11) is 1.92. The fourth-order valence-electron chi connectivity index (χ4n) is 4.16. The summed E-state index contributed by atoms with van der Waals surface area (Å²) in [5.41, 5.74) is 3.57. The average molecular weight is 329 g/mol. The van der Waals surface area contributed by atoms with Crippen LogP contribution in [-0.4, -0.2) is 53.3 Å². The molecule has 1 unspecified atom stereocenters. The van der Waals surface area contributed by atoms with E-state index >= 15 is 0 Å². The lowest BCUT2D eigenvalue weighted by atomic mass is 10.1. The molecule has 1 aromatic heterocycles. The predicted molar refractivity (Wildman–Crippen MR) is 96.5 cm³/mol. The minimum Gasteiger partial charge on any atom is -0.315 e. The van der Waals surface area contributed by atoms with E-state index in [0.717, 1.165) is 69.7 Å². The van der Waals surface area contributed by atoms with Gasteiger partial charge in [-0.1, -0.05) is 12.1 Å². The lowest BCUT2D eigenvalue weighted by molar-refractivity contribution is 0.234. The van der Waals surface area contributed by atoms with Crippen LogP contribution in [0.3, 0.4) is 0 Å². The van der Waals surface area contributed by atoms with Gasteiger partial charge in [0, 0.05) is 46.3 Å². The molecule has 2 aromatic rings. The fraction of sp³-hybridized carbons (Fsp3) is 0.611. The van der Waals surface area contributed by atoms with Gasteiger partial charge >= 0.3 is 5.69 Å². The van der Waals surface area contributed by atoms with Gasteiger partial charge < -0.3 is 10.6 Å². The van der Waals surface area contributed by atoms with Crippen molar-refractivity contribution in [1.29, 1.82) is 0 Å². The van der Waals surface area contributed by atoms with Crippen molar-refractivity contribution < 1.29 is 0 Å². The Labute approximate surface area is 142 Å². The number of fused-ring (bicyclic) bond motifs is 1. The first-order valence-corrected chi connectivity index (χ1v) is 9.08. The van der Waals surface area contributed by atoms with E-state index in [0.29, 0.717) is 0 Å². The Kier molecular flexibility index (Phi) is 4.43. The number of aromatic nitrogens is 2. The van der Waals surface area contributed by atoms with Gasteiger partial charge in [-0.2, -0.15) is 0 Å². The molecule has 2 aliphatic rings. The minimum atomic E-state index is 0.117. The smallest absolute Gasteiger partial charge is 0.315 e. The highest BCUT2D eigenvalue weighted by Gasteiger charge is 2.23. The van der Waals surface area contributed by atoms with Crippen LogP contribution in [0, 0.1) is 0 Å². The van der Waals surface area contributed by atoms with Crippen LogP contribution >= 0.6 is 0 Å². The van der Waals surface area contributed by atoms with Crippen molar-refractivity contribution in [3.8, 4) is 0 Å². The van der Waals surface area contributed by atoms with Crippen molar-refractivity contribution in [2.24, 2.45) is 7.05 Å². The van der Waals surface area contributed by atoms with Crippen LogP contribution in [0.2, 0.25) is 0 Å². The van der Waals surface area contributed by atoms with E-state index in [9.17, 15) is 4.79 Å². The number of nitrogens with one attached hydrogen (secondary N) is 2. The summed E-state index contributed by atoms with van der Waals surface area (Å²) in [6.45, 7) is 7.09. The fourth-order valence-corrected chi connectivity index (χ4v) is 4.16. The zero-order valence-electron chi connectivity index (χ0n) is 14.4. The van der Waals surface area contributed by atoms with E-state index in [-0.39, 0.29) is 11.7 Å². The average Bonchev–Trinajstić information content (AvgIpc) is 2.88. The summed E-state index contributed by atoms with van der Waals surface area (Å²) in [5, 5.41) is 6.83. The SMILES string of the molecule is Cn1c(=O)n(C2CCCNC2)c2cccc(CN3CCNCC3)c21. The Morgan fingerprint density at radius 1 is 1.17 bits per heavy atom. The first-order chi connectivity index (χ1) is 11.8. The molecule has 2 saturated heterocycles. The third-order valence-corrected chi connectivity index (χ3v) is 5.43. The maximum Gasteiger partial charge on any atom is 0.329 e. The number of para-hydroxylation sites is 1. The van der Waals surface area contributed by atoms with Crippen LogP contribution in [0.5, 0.6) is 0 Å². The predicted octanol–water partition coefficient (Wildman–Crippen LogP) is 0.670. The van der Waals surface area contributed by atoms with E-state index in [1.807, 2.05) is 16.2 Å². The van der Waals surface area contributed by atoms with Crippen LogP contribution in [0.25, 0.3) is 11.0 Å². The Balaban J connectivity index is 1.75. The molecular weight excluding hydrogens is 302 g/mol. The summed E-state index contributed by atoms with van der Waals surface area (Å²) in [6.07, 6.45) is 2.21. The number of piperidine rings is 1. The van der Waals surface area contributed by atoms with Crippen molar-refractivity contribution in [3.05, 3.63) is 34.2 Å². The van der Waals surface area contributed by atoms with Gasteiger partial charge in [0.1, 0.15) is 0 Å². The van der Waals surface area contributed by atoms with Gasteiger partial charge in [0.2, 0.25) is 0 Å². The lowest BCUT2D eigenvalue weighted by Gasteiger charge is -2.27. The topological polar surface area (TPSA) is 54.2 Å². The van der Waals surface area contributed by atoms with E-state index < -0.39 is 0 Å². The van der Waals surface area contributed by atoms with Crippen LogP contribution in [-0.2, 0) is 13.6 Å². The Morgan fingerprint density at radius 3 is 2.75 bits per heavy atom. The molecule has 0 spiro atoms. The second-order valence-electron chi connectivity index (χ2n) is 7.02. The van der Waals surface area contributed by atoms with E-state index in [4.69, 9.17) is 0 Å². The molecule has 2 fully saturated rings. The Bertz CT molecular complexity index is 766. The van der Waals surface area contributed by atoms with Crippen molar-refractivity contribution in [2.45, 2.75) is 25.4 Å². The third-order valence-electron chi connectivity index (χ3n) is 5.43. The number of aryl methyl sites for hydroxylation is 1. The van der Waals surface area contributed by atoms with Crippen molar-refractivity contribution in [3.63, 3.8) is 0 Å². The molecule has 0 aliphatic carbocycles. The first kappa shape index (κ1) is 15.9. The molecule has 3 heterocycles. The Hall–Kier alpha value is -1.63. The molecule has 2 N–H and O–H groups in total. The zero-order valence-corrected chi connectivity index (χ0v) is 14.4. The summed E-state index contributed by atoms with van der Waals surface area (Å²) in [6, 6.07) is 6.65.